The monoisotopic (exact) mass is 481 g/mol. The van der Waals surface area contributed by atoms with E-state index in [9.17, 15) is 9.90 Å². The molecule has 0 heterocycles. The number of nitrogens with one attached hydrogen (secondary N) is 1. The lowest BCUT2D eigenvalue weighted by molar-refractivity contribution is 0.1000. The van der Waals surface area contributed by atoms with Crippen molar-refractivity contribution in [1.29, 1.82) is 0 Å². The maximum absolute atomic E-state index is 11.1. The van der Waals surface area contributed by atoms with Gasteiger partial charge in [0.25, 0.3) is 0 Å². The Morgan fingerprint density at radius 1 is 1.00 bits per heavy atom. The third kappa shape index (κ3) is 9.35. The lowest BCUT2D eigenvalue weighted by Crippen LogP contribution is -2.22. The summed E-state index contributed by atoms with van der Waals surface area (Å²) in [6.45, 7) is 2.77. The second-order valence-electron chi connectivity index (χ2n) is 7.81. The fraction of sp³-hybridized carbons (Fsp3) is 0.458. The highest BCUT2D eigenvalue weighted by Gasteiger charge is 2.11. The van der Waals surface area contributed by atoms with Gasteiger partial charge in [-0.1, -0.05) is 48.2 Å². The molecule has 1 amide bonds. The van der Waals surface area contributed by atoms with E-state index < -0.39 is 12.0 Å². The van der Waals surface area contributed by atoms with Gasteiger partial charge in [-0.05, 0) is 67.6 Å². The van der Waals surface area contributed by atoms with Gasteiger partial charge in [0.05, 0.1) is 21.8 Å². The molecule has 176 valence electrons. The highest BCUT2D eigenvalue weighted by molar-refractivity contribution is 6.38. The Bertz CT molecular complexity index is 824. The van der Waals surface area contributed by atoms with Crippen LogP contribution in [0.15, 0.2) is 36.4 Å². The number of amides is 1. The standard InChI is InChI=1S/C24H33Cl2N3O3/c25-20-14-19(15-21(26)23(20)27)22(30)16-29-11-3-1-2-4-12-32-13-5-6-17-7-9-18(10-8-17)24(28)31/h7-10,14-15,22,29-30H,1-6,11-13,16,27H2,(H2,28,31). The summed E-state index contributed by atoms with van der Waals surface area (Å²) in [4.78, 5) is 11.1. The Kier molecular flexibility index (Phi) is 11.8. The molecule has 6 N–H and O–H groups in total. The number of unbranched alkanes of at least 4 members (excludes halogenated alkanes) is 3. The molecule has 1 unspecified atom stereocenters. The van der Waals surface area contributed by atoms with Gasteiger partial charge in [-0.2, -0.15) is 0 Å². The van der Waals surface area contributed by atoms with Crippen molar-refractivity contribution in [2.45, 2.75) is 44.6 Å². The first-order valence-corrected chi connectivity index (χ1v) is 11.7. The Labute approximate surface area is 200 Å². The van der Waals surface area contributed by atoms with Gasteiger partial charge in [-0.25, -0.2) is 0 Å². The summed E-state index contributed by atoms with van der Waals surface area (Å²) in [6.07, 6.45) is 5.49. The highest BCUT2D eigenvalue weighted by atomic mass is 35.5. The lowest BCUT2D eigenvalue weighted by Gasteiger charge is -2.14. The van der Waals surface area contributed by atoms with Gasteiger partial charge in [0.1, 0.15) is 0 Å². The van der Waals surface area contributed by atoms with Crippen molar-refractivity contribution in [1.82, 2.24) is 5.32 Å². The van der Waals surface area contributed by atoms with E-state index in [1.807, 2.05) is 12.1 Å². The number of benzene rings is 2. The number of nitrogens with two attached hydrogens (primary N) is 2. The number of nitrogen functional groups attached to an aromatic ring is 1. The minimum atomic E-state index is -0.680. The summed E-state index contributed by atoms with van der Waals surface area (Å²) in [5.74, 6) is -0.401. The first kappa shape index (κ1) is 26.4. The zero-order chi connectivity index (χ0) is 23.3. The molecule has 0 radical (unpaired) electrons. The van der Waals surface area contributed by atoms with Crippen molar-refractivity contribution in [3.63, 3.8) is 0 Å². The molecule has 2 aromatic rings. The zero-order valence-corrected chi connectivity index (χ0v) is 19.8. The average Bonchev–Trinajstić information content (AvgIpc) is 2.78. The van der Waals surface area contributed by atoms with Crippen LogP contribution in [0.2, 0.25) is 10.0 Å². The Balaban J connectivity index is 1.43. The predicted octanol–water partition coefficient (Wildman–Crippen LogP) is 4.51. The number of carbonyl (C=O) groups is 1. The van der Waals surface area contributed by atoms with Gasteiger partial charge in [-0.15, -0.1) is 0 Å². The summed E-state index contributed by atoms with van der Waals surface area (Å²) in [5.41, 5.74) is 13.7. The van der Waals surface area contributed by atoms with Gasteiger partial charge >= 0.3 is 0 Å². The molecule has 32 heavy (non-hydrogen) atoms. The average molecular weight is 482 g/mol. The molecule has 8 heteroatoms. The second kappa shape index (κ2) is 14.3. The summed E-state index contributed by atoms with van der Waals surface area (Å²) < 4.78 is 5.70. The van der Waals surface area contributed by atoms with Crippen LogP contribution in [0.1, 0.15) is 59.7 Å². The minimum absolute atomic E-state index is 0.331. The predicted molar refractivity (Wildman–Crippen MR) is 131 cm³/mol. The van der Waals surface area contributed by atoms with Crippen molar-refractivity contribution in [3.8, 4) is 0 Å². The number of rotatable bonds is 15. The van der Waals surface area contributed by atoms with E-state index in [1.165, 1.54) is 5.56 Å². The van der Waals surface area contributed by atoms with E-state index in [2.05, 4.69) is 5.32 Å². The molecule has 0 saturated carbocycles. The fourth-order valence-corrected chi connectivity index (χ4v) is 3.78. The van der Waals surface area contributed by atoms with Crippen LogP contribution in [-0.4, -0.2) is 37.3 Å². The maximum Gasteiger partial charge on any atom is 0.248 e. The molecule has 0 aromatic heterocycles. The van der Waals surface area contributed by atoms with Crippen LogP contribution in [0, 0.1) is 0 Å². The highest BCUT2D eigenvalue weighted by Crippen LogP contribution is 2.31. The maximum atomic E-state index is 11.1. The van der Waals surface area contributed by atoms with Crippen LogP contribution in [-0.2, 0) is 11.2 Å². The van der Waals surface area contributed by atoms with E-state index in [4.69, 9.17) is 39.4 Å². The largest absolute Gasteiger partial charge is 0.396 e. The fourth-order valence-electron chi connectivity index (χ4n) is 3.28. The van der Waals surface area contributed by atoms with Crippen molar-refractivity contribution in [3.05, 3.63) is 63.1 Å². The first-order chi connectivity index (χ1) is 15.4. The van der Waals surface area contributed by atoms with Crippen LogP contribution in [0.25, 0.3) is 0 Å². The van der Waals surface area contributed by atoms with Crippen LogP contribution < -0.4 is 16.8 Å². The van der Waals surface area contributed by atoms with Crippen LogP contribution in [0.4, 0.5) is 5.69 Å². The lowest BCUT2D eigenvalue weighted by atomic mass is 10.1. The van der Waals surface area contributed by atoms with Gasteiger partial charge < -0.3 is 26.6 Å². The Hall–Kier alpha value is -1.83. The van der Waals surface area contributed by atoms with E-state index in [1.54, 1.807) is 24.3 Å². The molecule has 6 nitrogen and oxygen atoms in total. The molecule has 1 atom stereocenters. The third-order valence-corrected chi connectivity index (χ3v) is 5.83. The number of hydrogen-bond donors (Lipinski definition) is 4. The molecule has 0 spiro atoms. The molecule has 0 aliphatic carbocycles. The number of carbonyl (C=O) groups excluding carboxylic acids is 1. The van der Waals surface area contributed by atoms with Gasteiger partial charge in [0, 0.05) is 25.3 Å². The molecular weight excluding hydrogens is 449 g/mol. The molecular formula is C24H33Cl2N3O3. The molecule has 0 aliphatic rings. The number of halogens is 2. The number of aryl methyl sites for hydroxylation is 1. The molecule has 2 rings (SSSR count). The topological polar surface area (TPSA) is 111 Å². The summed E-state index contributed by atoms with van der Waals surface area (Å²) in [6, 6.07) is 10.7. The first-order valence-electron chi connectivity index (χ1n) is 11.0. The van der Waals surface area contributed by atoms with E-state index in [0.717, 1.165) is 58.3 Å². The number of hydrogen-bond acceptors (Lipinski definition) is 5. The minimum Gasteiger partial charge on any atom is -0.396 e. The number of ether oxygens (including phenoxy) is 1. The van der Waals surface area contributed by atoms with Crippen LogP contribution in [0.3, 0.4) is 0 Å². The molecule has 0 aliphatic heterocycles. The second-order valence-corrected chi connectivity index (χ2v) is 8.62. The smallest absolute Gasteiger partial charge is 0.248 e. The molecule has 0 bridgehead atoms. The quantitative estimate of drug-likeness (QED) is 0.221. The molecule has 0 fully saturated rings. The summed E-state index contributed by atoms with van der Waals surface area (Å²) in [5, 5.41) is 14.2. The van der Waals surface area contributed by atoms with Gasteiger partial charge in [0.15, 0.2) is 0 Å². The molecule has 2 aromatic carbocycles. The number of primary amides is 1. The molecule has 0 saturated heterocycles. The zero-order valence-electron chi connectivity index (χ0n) is 18.3. The van der Waals surface area contributed by atoms with Crippen molar-refractivity contribution in [2.75, 3.05) is 32.0 Å². The van der Waals surface area contributed by atoms with E-state index >= 15 is 0 Å². The third-order valence-electron chi connectivity index (χ3n) is 5.21. The summed E-state index contributed by atoms with van der Waals surface area (Å²) in [7, 11) is 0. The SMILES string of the molecule is NC(=O)c1ccc(CCCOCCCCCCNCC(O)c2cc(Cl)c(N)c(Cl)c2)cc1. The van der Waals surface area contributed by atoms with Crippen LogP contribution in [0.5, 0.6) is 0 Å². The van der Waals surface area contributed by atoms with Crippen LogP contribution >= 0.6 is 23.2 Å². The van der Waals surface area contributed by atoms with E-state index in [-0.39, 0.29) is 0 Å². The van der Waals surface area contributed by atoms with Crippen molar-refractivity contribution in [2.24, 2.45) is 5.73 Å². The Morgan fingerprint density at radius 2 is 1.62 bits per heavy atom. The van der Waals surface area contributed by atoms with Gasteiger partial charge in [0.2, 0.25) is 5.91 Å². The number of anilines is 1. The van der Waals surface area contributed by atoms with E-state index in [0.29, 0.717) is 33.4 Å². The van der Waals surface area contributed by atoms with Crippen molar-refractivity contribution >= 4 is 34.8 Å². The number of aliphatic hydroxyl groups is 1. The summed E-state index contributed by atoms with van der Waals surface area (Å²) >= 11 is 12.0. The normalized spacial score (nSPS) is 12.1. The Morgan fingerprint density at radius 3 is 2.28 bits per heavy atom. The van der Waals surface area contributed by atoms with Gasteiger partial charge in [-0.3, -0.25) is 4.79 Å². The number of aliphatic hydroxyl groups excluding tert-OH is 1. The van der Waals surface area contributed by atoms with Crippen molar-refractivity contribution < 1.29 is 14.6 Å².